The van der Waals surface area contributed by atoms with E-state index in [4.69, 9.17) is 42.6 Å². The van der Waals surface area contributed by atoms with Gasteiger partial charge in [0.15, 0.2) is 31.5 Å². The van der Waals surface area contributed by atoms with E-state index in [1.807, 2.05) is 0 Å². The van der Waals surface area contributed by atoms with Crippen molar-refractivity contribution in [3.63, 3.8) is 0 Å². The van der Waals surface area contributed by atoms with Crippen molar-refractivity contribution in [2.45, 2.75) is 174 Å². The molecule has 0 bridgehead atoms. The summed E-state index contributed by atoms with van der Waals surface area (Å²) in [4.78, 5) is 24.9. The molecule has 27 nitrogen and oxygen atoms in total. The third-order valence-corrected chi connectivity index (χ3v) is 11.1. The van der Waals surface area contributed by atoms with Crippen LogP contribution in [0.2, 0.25) is 0 Å². The maximum atomic E-state index is 12.7. The van der Waals surface area contributed by atoms with Gasteiger partial charge in [-0.25, -0.2) is 0 Å². The summed E-state index contributed by atoms with van der Waals surface area (Å²) in [6, 6.07) is -3.36. The number of aliphatic hydroxyl groups excluding tert-OH is 14. The SMILES string of the molecule is CC(=O)N[C@H]1[C@@H](O[C@H]2[C@@H](O)[C@@H](CO)O[C@@H](O[C@H]3[C@@H](O)[C@@H](CO)O[C@@H](O[C@H]4[C@@H](O)[C@@H](CO)OC(O)[C@@H]4O)[C@@H]3NC(C)=O)[C@@H]2O[C@@H]2O[C@@H](C)[C@@H](O)[C@@H](O)[C@@H]2O)O[C@H](CO)[C@H](O)[C@@H]1O. The Morgan fingerprint density at radius 2 is 0.852 bits per heavy atom. The Morgan fingerprint density at radius 3 is 1.41 bits per heavy atom. The van der Waals surface area contributed by atoms with Gasteiger partial charge in [-0.1, -0.05) is 0 Å². The Balaban J connectivity index is 1.57. The first kappa shape index (κ1) is 50.0. The molecule has 5 rings (SSSR count). The van der Waals surface area contributed by atoms with Gasteiger partial charge in [0.2, 0.25) is 11.8 Å². The molecule has 0 aromatic carbocycles. The van der Waals surface area contributed by atoms with Crippen LogP contribution in [0.25, 0.3) is 0 Å². The minimum Gasteiger partial charge on any atom is -0.394 e. The van der Waals surface area contributed by atoms with Gasteiger partial charge in [0.1, 0.15) is 116 Å². The summed E-state index contributed by atoms with van der Waals surface area (Å²) < 4.78 is 52.2. The van der Waals surface area contributed by atoms with E-state index in [9.17, 15) is 81.1 Å². The molecule has 5 saturated heterocycles. The second kappa shape index (κ2) is 21.3. The van der Waals surface area contributed by atoms with Crippen molar-refractivity contribution in [3.05, 3.63) is 0 Å². The molecule has 1 unspecified atom stereocenters. The average molecular weight is 895 g/mol. The summed E-state index contributed by atoms with van der Waals surface area (Å²) in [5.41, 5.74) is 0. The number of hydrogen-bond acceptors (Lipinski definition) is 25. The molecule has 0 spiro atoms. The van der Waals surface area contributed by atoms with Gasteiger partial charge in [-0.3, -0.25) is 9.59 Å². The summed E-state index contributed by atoms with van der Waals surface area (Å²) >= 11 is 0. The van der Waals surface area contributed by atoms with E-state index < -0.39 is 192 Å². The number of amides is 2. The topological polar surface area (TPSA) is 424 Å². The Hall–Kier alpha value is -1.98. The van der Waals surface area contributed by atoms with Crippen LogP contribution >= 0.6 is 0 Å². The van der Waals surface area contributed by atoms with Crippen molar-refractivity contribution >= 4 is 11.8 Å². The average Bonchev–Trinajstić information content (AvgIpc) is 3.22. The molecular formula is C34H58N2O25. The second-order valence-electron chi connectivity index (χ2n) is 15.4. The van der Waals surface area contributed by atoms with Gasteiger partial charge in [0, 0.05) is 13.8 Å². The van der Waals surface area contributed by atoms with E-state index in [1.54, 1.807) is 0 Å². The molecule has 5 aliphatic rings. The minimum absolute atomic E-state index is 0.763. The van der Waals surface area contributed by atoms with E-state index in [0.29, 0.717) is 0 Å². The molecule has 27 heteroatoms. The van der Waals surface area contributed by atoms with Gasteiger partial charge in [-0.15, -0.1) is 0 Å². The van der Waals surface area contributed by atoms with Crippen LogP contribution in [0.5, 0.6) is 0 Å². The van der Waals surface area contributed by atoms with Crippen LogP contribution in [0.1, 0.15) is 20.8 Å². The quantitative estimate of drug-likeness (QED) is 0.0770. The molecule has 0 radical (unpaired) electrons. The van der Waals surface area contributed by atoms with E-state index in [0.717, 1.165) is 13.8 Å². The molecule has 0 aromatic rings. The summed E-state index contributed by atoms with van der Waals surface area (Å²) in [6.45, 7) is -0.358. The molecule has 0 aliphatic carbocycles. The number of rotatable bonds is 14. The second-order valence-corrected chi connectivity index (χ2v) is 15.4. The molecule has 5 heterocycles. The van der Waals surface area contributed by atoms with Crippen LogP contribution in [0.3, 0.4) is 0 Å². The highest BCUT2D eigenvalue weighted by Crippen LogP contribution is 2.37. The fraction of sp³-hybridized carbons (Fsp3) is 0.941. The minimum atomic E-state index is -2.08. The zero-order valence-electron chi connectivity index (χ0n) is 33.0. The molecule has 61 heavy (non-hydrogen) atoms. The van der Waals surface area contributed by atoms with Crippen molar-refractivity contribution in [1.29, 1.82) is 0 Å². The molecule has 5 fully saturated rings. The molecule has 5 aliphatic heterocycles. The third-order valence-electron chi connectivity index (χ3n) is 11.1. The first-order valence-corrected chi connectivity index (χ1v) is 19.5. The van der Waals surface area contributed by atoms with Gasteiger partial charge in [0.25, 0.3) is 0 Å². The van der Waals surface area contributed by atoms with E-state index in [2.05, 4.69) is 10.6 Å². The molecule has 2 amide bonds. The van der Waals surface area contributed by atoms with Gasteiger partial charge in [-0.05, 0) is 6.92 Å². The highest BCUT2D eigenvalue weighted by atomic mass is 16.8. The van der Waals surface area contributed by atoms with Crippen LogP contribution < -0.4 is 10.6 Å². The molecule has 0 aromatic heterocycles. The van der Waals surface area contributed by atoms with E-state index in [1.165, 1.54) is 6.92 Å². The van der Waals surface area contributed by atoms with Crippen molar-refractivity contribution < 1.29 is 124 Å². The highest BCUT2D eigenvalue weighted by Gasteiger charge is 2.58. The first-order valence-electron chi connectivity index (χ1n) is 19.5. The van der Waals surface area contributed by atoms with Crippen molar-refractivity contribution in [2.24, 2.45) is 0 Å². The van der Waals surface area contributed by atoms with Crippen LogP contribution in [-0.2, 0) is 52.2 Å². The monoisotopic (exact) mass is 894 g/mol. The number of hydrogen-bond donors (Lipinski definition) is 16. The third kappa shape index (κ3) is 10.8. The summed E-state index contributed by atoms with van der Waals surface area (Å²) in [5.74, 6) is -1.59. The lowest BCUT2D eigenvalue weighted by Gasteiger charge is -2.51. The van der Waals surface area contributed by atoms with E-state index >= 15 is 0 Å². The Kier molecular flexibility index (Phi) is 17.5. The Labute approximate surface area is 346 Å². The number of aliphatic hydroxyl groups is 14. The Bertz CT molecular complexity index is 1420. The molecule has 354 valence electrons. The fourth-order valence-electron chi connectivity index (χ4n) is 7.74. The van der Waals surface area contributed by atoms with Crippen molar-refractivity contribution in [2.75, 3.05) is 26.4 Å². The predicted molar refractivity (Wildman–Crippen MR) is 188 cm³/mol. The molecule has 25 atom stereocenters. The smallest absolute Gasteiger partial charge is 0.217 e. The predicted octanol–water partition coefficient (Wildman–Crippen LogP) is -10.6. The number of carbonyl (C=O) groups is 2. The lowest BCUT2D eigenvalue weighted by Crippen LogP contribution is -2.71. The van der Waals surface area contributed by atoms with Crippen molar-refractivity contribution in [1.82, 2.24) is 10.6 Å². The number of ether oxygens (including phenoxy) is 9. The van der Waals surface area contributed by atoms with E-state index in [-0.39, 0.29) is 0 Å². The maximum Gasteiger partial charge on any atom is 0.217 e. The van der Waals surface area contributed by atoms with Gasteiger partial charge >= 0.3 is 0 Å². The fourth-order valence-corrected chi connectivity index (χ4v) is 7.74. The van der Waals surface area contributed by atoms with Crippen LogP contribution in [0.4, 0.5) is 0 Å². The summed E-state index contributed by atoms with van der Waals surface area (Å²) in [5, 5.41) is 154. The highest BCUT2D eigenvalue weighted by molar-refractivity contribution is 5.73. The lowest BCUT2D eigenvalue weighted by atomic mass is 9.93. The van der Waals surface area contributed by atoms with Gasteiger partial charge in [0.05, 0.1) is 32.5 Å². The first-order chi connectivity index (χ1) is 28.8. The van der Waals surface area contributed by atoms with Crippen LogP contribution in [0.15, 0.2) is 0 Å². The Morgan fingerprint density at radius 1 is 0.426 bits per heavy atom. The largest absolute Gasteiger partial charge is 0.394 e. The maximum absolute atomic E-state index is 12.7. The van der Waals surface area contributed by atoms with Gasteiger partial charge < -0.3 is 125 Å². The summed E-state index contributed by atoms with van der Waals surface area (Å²) in [7, 11) is 0. The lowest BCUT2D eigenvalue weighted by molar-refractivity contribution is -0.399. The van der Waals surface area contributed by atoms with Crippen molar-refractivity contribution in [3.8, 4) is 0 Å². The summed E-state index contributed by atoms with van der Waals surface area (Å²) in [6.07, 6.45) is -42.2. The standard InChI is InChI=1S/C34H58N2O25/c1-8-17(43)23(49)24(50)33(53-8)61-29-28(60-31-15(35-9(2)41)22(48)18(44)11(4-37)55-31)21(47)14(7-40)57-34(29)58-26-16(36-10(3)42)32(56-13(6-39)19(26)45)59-27-20(46)12(5-38)54-30(52)25(27)51/h8,11-34,37-40,43-52H,4-7H2,1-3H3,(H,35,41)(H,36,42)/t8-,11+,12+,13+,14+,15+,16+,17+,18-,19-,20-,21-,22+,23+,24-,25+,26+,27-,28-,29+,30?,31+,32-,33-,34-/m0/s1. The van der Waals surface area contributed by atoms with Gasteiger partial charge in [-0.2, -0.15) is 0 Å². The number of carbonyl (C=O) groups excluding carboxylic acids is 2. The molecule has 0 saturated carbocycles. The molecule has 16 N–H and O–H groups in total. The normalized spacial score (nSPS) is 49.6. The molecular weight excluding hydrogens is 836 g/mol. The zero-order valence-corrected chi connectivity index (χ0v) is 33.0. The zero-order chi connectivity index (χ0) is 45.2. The number of nitrogens with one attached hydrogen (secondary N) is 2. The van der Waals surface area contributed by atoms with Crippen LogP contribution in [-0.4, -0.2) is 263 Å². The van der Waals surface area contributed by atoms with Crippen LogP contribution in [0, 0.1) is 0 Å².